The highest BCUT2D eigenvalue weighted by Gasteiger charge is 2.52. The minimum atomic E-state index is -5.82. The van der Waals surface area contributed by atoms with Crippen molar-refractivity contribution in [3.63, 3.8) is 0 Å². The molecule has 0 saturated carbocycles. The van der Waals surface area contributed by atoms with E-state index in [9.17, 15) is 21.6 Å². The Morgan fingerprint density at radius 1 is 0.423 bits per heavy atom. The van der Waals surface area contributed by atoms with Crippen molar-refractivity contribution in [2.24, 2.45) is 0 Å². The summed E-state index contributed by atoms with van der Waals surface area (Å²) in [4.78, 5) is 0. The standard InChI is InChI=1S/C39H40O4.C27H21F3O4S.C16H25BO2/c1-30-10-14-33(15-11-30)36-25-37(34-16-12-31(13-17-34)9-6-22-41-29-42-24-23-40-2)27-38(26-36)35-18-20-39(21-19-35)43-28-32-7-4-3-5-8-32;1-19-7-9-21(10-8-19)23-15-24(17-26(16-23)34-35(31,32)27(28,29)30)22-11-13-25(14-12-22)33-18-20-5-3-2-4-6-20;1-6-7-8-13-9-11-14(12-10-13)17-18-15(2,3)16(4,5)19-17/h3-5,7-8,10-21,25-27H,6,9,22-24,28-29H2,1-2H3;2-17H,18H2,1H3;9-12H,6-8H2,1-5H3. The Labute approximate surface area is 571 Å². The van der Waals surface area contributed by atoms with E-state index < -0.39 is 21.4 Å². The topological polar surface area (TPSA) is 108 Å². The first-order valence-corrected chi connectivity index (χ1v) is 34.2. The molecule has 0 spiro atoms. The van der Waals surface area contributed by atoms with Crippen LogP contribution in [0.15, 0.2) is 243 Å². The number of methoxy groups -OCH3 is 1. The molecule has 1 saturated heterocycles. The third-order valence-electron chi connectivity index (χ3n) is 16.9. The maximum absolute atomic E-state index is 12.9. The average Bonchev–Trinajstić information content (AvgIpc) is 1.77. The number of hydrogen-bond acceptors (Lipinski definition) is 10. The van der Waals surface area contributed by atoms with Gasteiger partial charge in [-0.05, 0) is 211 Å². The molecule has 504 valence electrons. The summed E-state index contributed by atoms with van der Waals surface area (Å²) in [5, 5.41) is 0. The lowest BCUT2D eigenvalue weighted by atomic mass is 9.78. The van der Waals surface area contributed by atoms with Gasteiger partial charge in [0.15, 0.2) is 0 Å². The molecule has 0 atom stereocenters. The summed E-state index contributed by atoms with van der Waals surface area (Å²) in [6.07, 6.45) is 5.55. The van der Waals surface area contributed by atoms with Gasteiger partial charge in [0.05, 0.1) is 24.4 Å². The molecular formula is C82H86BF3O10S. The molecule has 10 aromatic rings. The summed E-state index contributed by atoms with van der Waals surface area (Å²) in [7, 11) is -4.40. The molecule has 1 aliphatic rings. The summed E-state index contributed by atoms with van der Waals surface area (Å²) >= 11 is 0. The Kier molecular flexibility index (Phi) is 25.7. The molecule has 1 heterocycles. The van der Waals surface area contributed by atoms with Crippen molar-refractivity contribution in [1.29, 1.82) is 0 Å². The zero-order chi connectivity index (χ0) is 68.8. The number of rotatable bonds is 26. The van der Waals surface area contributed by atoms with E-state index in [4.69, 9.17) is 33.0 Å². The van der Waals surface area contributed by atoms with Crippen molar-refractivity contribution in [1.82, 2.24) is 0 Å². The molecule has 10 aromatic carbocycles. The number of ether oxygens (including phenoxy) is 5. The third kappa shape index (κ3) is 21.3. The van der Waals surface area contributed by atoms with Crippen molar-refractivity contribution in [2.45, 2.75) is 110 Å². The summed E-state index contributed by atoms with van der Waals surface area (Å²) in [5.74, 6) is 1.05. The van der Waals surface area contributed by atoms with Crippen molar-refractivity contribution in [3.05, 3.63) is 276 Å². The molecule has 0 bridgehead atoms. The molecule has 10 nitrogen and oxygen atoms in total. The van der Waals surface area contributed by atoms with Gasteiger partial charge in [-0.1, -0.05) is 206 Å². The summed E-state index contributed by atoms with van der Waals surface area (Å²) < 4.78 is 106. The largest absolute Gasteiger partial charge is 0.534 e. The lowest BCUT2D eigenvalue weighted by molar-refractivity contribution is -0.0660. The van der Waals surface area contributed by atoms with Crippen LogP contribution in [0.5, 0.6) is 17.2 Å². The molecule has 11 rings (SSSR count). The van der Waals surface area contributed by atoms with Crippen LogP contribution in [0.2, 0.25) is 0 Å². The van der Waals surface area contributed by atoms with Crippen LogP contribution in [0.3, 0.4) is 0 Å². The van der Waals surface area contributed by atoms with E-state index in [1.54, 1.807) is 49.6 Å². The van der Waals surface area contributed by atoms with Gasteiger partial charge in [-0.3, -0.25) is 0 Å². The molecule has 0 N–H and O–H groups in total. The zero-order valence-corrected chi connectivity index (χ0v) is 57.4. The third-order valence-corrected chi connectivity index (χ3v) is 17.9. The maximum atomic E-state index is 12.9. The number of hydrogen-bond donors (Lipinski definition) is 0. The van der Waals surface area contributed by atoms with Gasteiger partial charge in [0, 0.05) is 13.7 Å². The molecule has 0 aliphatic carbocycles. The molecule has 0 aromatic heterocycles. The summed E-state index contributed by atoms with van der Waals surface area (Å²) in [5.41, 5.74) is 11.7. The fourth-order valence-corrected chi connectivity index (χ4v) is 10.9. The first-order valence-electron chi connectivity index (χ1n) is 32.8. The lowest BCUT2D eigenvalue weighted by Gasteiger charge is -2.32. The van der Waals surface area contributed by atoms with Crippen molar-refractivity contribution in [2.75, 3.05) is 33.7 Å². The second-order valence-corrected chi connectivity index (χ2v) is 26.6. The van der Waals surface area contributed by atoms with Gasteiger partial charge in [0.25, 0.3) is 0 Å². The first kappa shape index (κ1) is 72.5. The second kappa shape index (κ2) is 34.4. The fourth-order valence-electron chi connectivity index (χ4n) is 10.5. The van der Waals surface area contributed by atoms with Crippen LogP contribution in [-0.4, -0.2) is 66.0 Å². The number of alkyl halides is 3. The quantitative estimate of drug-likeness (QED) is 0.0171. The second-order valence-electron chi connectivity index (χ2n) is 25.0. The van der Waals surface area contributed by atoms with Crippen molar-refractivity contribution < 1.29 is 58.8 Å². The number of benzene rings is 10. The van der Waals surface area contributed by atoms with Gasteiger partial charge in [-0.15, -0.1) is 0 Å². The maximum Gasteiger partial charge on any atom is 0.534 e. The highest BCUT2D eigenvalue weighted by Crippen LogP contribution is 2.39. The molecule has 97 heavy (non-hydrogen) atoms. The van der Waals surface area contributed by atoms with E-state index in [2.05, 4.69) is 173 Å². The monoisotopic (exact) mass is 1330 g/mol. The molecule has 1 aliphatic heterocycles. The minimum Gasteiger partial charge on any atom is -0.489 e. The Hall–Kier alpha value is -8.80. The highest BCUT2D eigenvalue weighted by molar-refractivity contribution is 7.88. The SMILES string of the molecule is CCCCc1ccc(B2OC(C)(C)C(C)(C)O2)cc1.COCCOCOCCCc1ccc(-c2cc(-c3ccc(C)cc3)cc(-c3ccc(OCc4ccccc4)cc3)c2)cc1.Cc1ccc(-c2cc(OS(=O)(=O)C(F)(F)F)cc(-c3ccc(OCc4ccccc4)cc3)c2)cc1. The normalized spacial score (nSPS) is 13.2. The van der Waals surface area contributed by atoms with Crippen LogP contribution in [0.25, 0.3) is 55.6 Å². The van der Waals surface area contributed by atoms with E-state index in [-0.39, 0.29) is 18.3 Å². The van der Waals surface area contributed by atoms with Crippen LogP contribution in [0, 0.1) is 13.8 Å². The van der Waals surface area contributed by atoms with Crippen LogP contribution in [0.4, 0.5) is 13.2 Å². The number of halogens is 3. The van der Waals surface area contributed by atoms with E-state index >= 15 is 0 Å². The van der Waals surface area contributed by atoms with Gasteiger partial charge in [-0.25, -0.2) is 0 Å². The Morgan fingerprint density at radius 2 is 0.794 bits per heavy atom. The van der Waals surface area contributed by atoms with Gasteiger partial charge in [-0.2, -0.15) is 21.6 Å². The van der Waals surface area contributed by atoms with E-state index in [0.717, 1.165) is 52.7 Å². The number of aryl methyl sites for hydroxylation is 4. The van der Waals surface area contributed by atoms with Gasteiger partial charge in [0.2, 0.25) is 0 Å². The molecular weight excluding hydrogens is 1240 g/mol. The lowest BCUT2D eigenvalue weighted by Crippen LogP contribution is -2.41. The Bertz CT molecular complexity index is 4140. The smallest absolute Gasteiger partial charge is 0.489 e. The van der Waals surface area contributed by atoms with Gasteiger partial charge < -0.3 is 37.2 Å². The molecule has 1 fully saturated rings. The molecule has 15 heteroatoms. The number of unbranched alkanes of at least 4 members (excludes halogenated alkanes) is 1. The van der Waals surface area contributed by atoms with Crippen molar-refractivity contribution >= 4 is 22.7 Å². The fraction of sp³-hybridized carbons (Fsp3) is 0.268. The van der Waals surface area contributed by atoms with Gasteiger partial charge in [0.1, 0.15) is 37.3 Å². The van der Waals surface area contributed by atoms with Crippen LogP contribution >= 0.6 is 0 Å². The highest BCUT2D eigenvalue weighted by atomic mass is 32.2. The predicted molar refractivity (Wildman–Crippen MR) is 384 cm³/mol. The molecule has 0 unspecified atom stereocenters. The van der Waals surface area contributed by atoms with Gasteiger partial charge >= 0.3 is 22.7 Å². The summed E-state index contributed by atoms with van der Waals surface area (Å²) in [6, 6.07) is 80.0. The molecule has 0 amide bonds. The average molecular weight is 1330 g/mol. The predicted octanol–water partition coefficient (Wildman–Crippen LogP) is 19.6. The first-order chi connectivity index (χ1) is 46.6. The van der Waals surface area contributed by atoms with Crippen molar-refractivity contribution in [3.8, 4) is 72.9 Å². The van der Waals surface area contributed by atoms with E-state index in [0.29, 0.717) is 67.8 Å². The molecule has 0 radical (unpaired) electrons. The van der Waals surface area contributed by atoms with Crippen LogP contribution in [-0.2, 0) is 59.7 Å². The summed E-state index contributed by atoms with van der Waals surface area (Å²) in [6.45, 7) is 17.7. The Balaban J connectivity index is 0.000000183. The van der Waals surface area contributed by atoms with Crippen LogP contribution in [0.1, 0.15) is 87.3 Å². The van der Waals surface area contributed by atoms with Crippen LogP contribution < -0.4 is 19.1 Å². The van der Waals surface area contributed by atoms with E-state index in [1.807, 2.05) is 67.6 Å². The van der Waals surface area contributed by atoms with E-state index in [1.165, 1.54) is 69.5 Å². The Morgan fingerprint density at radius 3 is 1.20 bits per heavy atom. The minimum absolute atomic E-state index is 0.245. The zero-order valence-electron chi connectivity index (χ0n) is 56.6.